The van der Waals surface area contributed by atoms with E-state index in [0.717, 1.165) is 9.75 Å². The van der Waals surface area contributed by atoms with Crippen molar-refractivity contribution in [3.63, 3.8) is 0 Å². The minimum atomic E-state index is 1.05. The molecule has 114 valence electrons. The van der Waals surface area contributed by atoms with Gasteiger partial charge in [0.25, 0.3) is 0 Å². The highest BCUT2D eigenvalue weighted by Gasteiger charge is 2.02. The predicted octanol–water partition coefficient (Wildman–Crippen LogP) is 6.67. The molecule has 0 aromatic carbocycles. The average Bonchev–Trinajstić information content (AvgIpc) is 3.40. The standard InChI is InChI=1S/C20H10S4/c1(5-15-9-11-19(23-15)17-7-3-13-21-17)2-6-16-10-12-20(24-16)18-8-4-14-22-18/h3-4,7-14H. The SMILES string of the molecule is C(C#Cc1ccc(-c2cccs2)s1)#Cc1ccc(-c2cccs2)s1. The van der Waals surface area contributed by atoms with Crippen molar-refractivity contribution in [3.8, 4) is 43.2 Å². The zero-order chi connectivity index (χ0) is 16.2. The van der Waals surface area contributed by atoms with Crippen molar-refractivity contribution in [2.45, 2.75) is 0 Å². The van der Waals surface area contributed by atoms with Crippen molar-refractivity contribution >= 4 is 45.3 Å². The summed E-state index contributed by atoms with van der Waals surface area (Å²) in [5.41, 5.74) is 0. The molecule has 0 N–H and O–H groups in total. The Labute approximate surface area is 157 Å². The van der Waals surface area contributed by atoms with Crippen LogP contribution >= 0.6 is 45.3 Å². The maximum Gasteiger partial charge on any atom is 0.0785 e. The molecule has 0 nitrogen and oxygen atoms in total. The summed E-state index contributed by atoms with van der Waals surface area (Å²) in [5, 5.41) is 4.19. The molecule has 0 aliphatic heterocycles. The Morgan fingerprint density at radius 2 is 1.04 bits per heavy atom. The molecule has 0 bridgehead atoms. The second kappa shape index (κ2) is 7.21. The van der Waals surface area contributed by atoms with E-state index in [4.69, 9.17) is 0 Å². The predicted molar refractivity (Wildman–Crippen MR) is 109 cm³/mol. The topological polar surface area (TPSA) is 0 Å². The molecule has 0 saturated heterocycles. The van der Waals surface area contributed by atoms with Crippen LogP contribution in [0, 0.1) is 23.7 Å². The van der Waals surface area contributed by atoms with Gasteiger partial charge in [-0.3, -0.25) is 0 Å². The Balaban J connectivity index is 1.47. The van der Waals surface area contributed by atoms with Crippen LogP contribution in [-0.2, 0) is 0 Å². The number of rotatable bonds is 2. The van der Waals surface area contributed by atoms with E-state index in [2.05, 4.69) is 83.0 Å². The molecule has 4 aromatic rings. The average molecular weight is 379 g/mol. The van der Waals surface area contributed by atoms with Gasteiger partial charge in [0, 0.05) is 19.5 Å². The normalized spacial score (nSPS) is 9.83. The van der Waals surface area contributed by atoms with E-state index in [-0.39, 0.29) is 0 Å². The Kier molecular flexibility index (Phi) is 4.64. The number of hydrogen-bond acceptors (Lipinski definition) is 4. The first-order valence-corrected chi connectivity index (χ1v) is 10.6. The zero-order valence-electron chi connectivity index (χ0n) is 12.4. The van der Waals surface area contributed by atoms with E-state index in [0.29, 0.717) is 0 Å². The maximum absolute atomic E-state index is 3.14. The van der Waals surface area contributed by atoms with Crippen LogP contribution < -0.4 is 0 Å². The van der Waals surface area contributed by atoms with Crippen LogP contribution in [0.5, 0.6) is 0 Å². The lowest BCUT2D eigenvalue weighted by Crippen LogP contribution is -1.61. The molecular weight excluding hydrogens is 368 g/mol. The second-order valence-corrected chi connectivity index (χ2v) is 8.85. The summed E-state index contributed by atoms with van der Waals surface area (Å²) >= 11 is 6.93. The van der Waals surface area contributed by atoms with Gasteiger partial charge in [0.15, 0.2) is 0 Å². The number of thiophene rings is 4. The van der Waals surface area contributed by atoms with Crippen molar-refractivity contribution in [2.24, 2.45) is 0 Å². The Hall–Kier alpha value is -2.08. The monoisotopic (exact) mass is 378 g/mol. The van der Waals surface area contributed by atoms with Crippen LogP contribution in [0.25, 0.3) is 19.5 Å². The highest BCUT2D eigenvalue weighted by Crippen LogP contribution is 2.32. The molecule has 4 aromatic heterocycles. The smallest absolute Gasteiger partial charge is 0.0785 e. The van der Waals surface area contributed by atoms with Crippen LogP contribution in [0.4, 0.5) is 0 Å². The van der Waals surface area contributed by atoms with Crippen LogP contribution in [0.1, 0.15) is 9.75 Å². The van der Waals surface area contributed by atoms with Crippen molar-refractivity contribution in [1.82, 2.24) is 0 Å². The molecule has 0 spiro atoms. The maximum atomic E-state index is 3.14. The lowest BCUT2D eigenvalue weighted by Gasteiger charge is -1.86. The lowest BCUT2D eigenvalue weighted by atomic mass is 10.3. The van der Waals surface area contributed by atoms with Gasteiger partial charge in [0.2, 0.25) is 0 Å². The fourth-order valence-electron chi connectivity index (χ4n) is 2.10. The van der Waals surface area contributed by atoms with Crippen molar-refractivity contribution in [2.75, 3.05) is 0 Å². The Bertz CT molecular complexity index is 964. The van der Waals surface area contributed by atoms with Crippen LogP contribution in [-0.4, -0.2) is 0 Å². The van der Waals surface area contributed by atoms with E-state index >= 15 is 0 Å². The largest absolute Gasteiger partial charge is 0.143 e. The molecule has 0 atom stereocenters. The second-order valence-electron chi connectivity index (χ2n) is 4.78. The van der Waals surface area contributed by atoms with E-state index < -0.39 is 0 Å². The minimum Gasteiger partial charge on any atom is -0.143 e. The van der Waals surface area contributed by atoms with Gasteiger partial charge >= 0.3 is 0 Å². The summed E-state index contributed by atoms with van der Waals surface area (Å²) in [6, 6.07) is 16.8. The molecule has 4 rings (SSSR count). The molecule has 4 heteroatoms. The minimum absolute atomic E-state index is 1.05. The highest BCUT2D eigenvalue weighted by molar-refractivity contribution is 7.22. The summed E-state index contributed by atoms with van der Waals surface area (Å²) in [5.74, 6) is 12.2. The summed E-state index contributed by atoms with van der Waals surface area (Å²) in [6.45, 7) is 0. The van der Waals surface area contributed by atoms with Crippen molar-refractivity contribution in [3.05, 3.63) is 69.0 Å². The molecule has 24 heavy (non-hydrogen) atoms. The fraction of sp³-hybridized carbons (Fsp3) is 0. The first-order valence-electron chi connectivity index (χ1n) is 7.18. The van der Waals surface area contributed by atoms with Gasteiger partial charge < -0.3 is 0 Å². The summed E-state index contributed by atoms with van der Waals surface area (Å²) in [4.78, 5) is 7.22. The molecule has 0 fully saturated rings. The Morgan fingerprint density at radius 1 is 0.542 bits per heavy atom. The molecular formula is C20H10S4. The van der Waals surface area contributed by atoms with Crippen LogP contribution in [0.15, 0.2) is 59.3 Å². The zero-order valence-corrected chi connectivity index (χ0v) is 15.7. The molecule has 0 radical (unpaired) electrons. The van der Waals surface area contributed by atoms with E-state index in [1.54, 1.807) is 45.3 Å². The Morgan fingerprint density at radius 3 is 1.46 bits per heavy atom. The van der Waals surface area contributed by atoms with Gasteiger partial charge in [0.05, 0.1) is 9.75 Å². The third kappa shape index (κ3) is 3.53. The van der Waals surface area contributed by atoms with Crippen LogP contribution in [0.2, 0.25) is 0 Å². The van der Waals surface area contributed by atoms with E-state index in [1.165, 1.54) is 19.5 Å². The third-order valence-corrected chi connectivity index (χ3v) is 7.31. The van der Waals surface area contributed by atoms with Crippen LogP contribution in [0.3, 0.4) is 0 Å². The van der Waals surface area contributed by atoms with Gasteiger partial charge in [0.1, 0.15) is 0 Å². The van der Waals surface area contributed by atoms with Gasteiger partial charge in [-0.15, -0.1) is 45.3 Å². The van der Waals surface area contributed by atoms with Gasteiger partial charge in [-0.1, -0.05) is 12.1 Å². The molecule has 4 heterocycles. The quantitative estimate of drug-likeness (QED) is 0.342. The molecule has 0 amide bonds. The molecule has 0 unspecified atom stereocenters. The third-order valence-electron chi connectivity index (χ3n) is 3.17. The summed E-state index contributed by atoms with van der Waals surface area (Å²) in [6.07, 6.45) is 0. The van der Waals surface area contributed by atoms with Gasteiger partial charge in [-0.25, -0.2) is 0 Å². The highest BCUT2D eigenvalue weighted by atomic mass is 32.1. The number of hydrogen-bond donors (Lipinski definition) is 0. The lowest BCUT2D eigenvalue weighted by molar-refractivity contribution is 1.90. The molecule has 0 saturated carbocycles. The fourth-order valence-corrected chi connectivity index (χ4v) is 5.49. The van der Waals surface area contributed by atoms with Crippen molar-refractivity contribution in [1.29, 1.82) is 0 Å². The first kappa shape index (κ1) is 15.4. The van der Waals surface area contributed by atoms with Crippen molar-refractivity contribution < 1.29 is 0 Å². The molecule has 0 aliphatic rings. The molecule has 0 aliphatic carbocycles. The summed E-state index contributed by atoms with van der Waals surface area (Å²) in [7, 11) is 0. The van der Waals surface area contributed by atoms with E-state index in [9.17, 15) is 0 Å². The summed E-state index contributed by atoms with van der Waals surface area (Å²) < 4.78 is 0. The first-order chi connectivity index (χ1) is 11.9. The van der Waals surface area contributed by atoms with Gasteiger partial charge in [-0.2, -0.15) is 0 Å². The van der Waals surface area contributed by atoms with E-state index in [1.807, 2.05) is 0 Å². The van der Waals surface area contributed by atoms with Gasteiger partial charge in [-0.05, 0) is 70.8 Å².